The number of ketones is 1. The van der Waals surface area contributed by atoms with Gasteiger partial charge in [-0.15, -0.1) is 0 Å². The van der Waals surface area contributed by atoms with Crippen molar-refractivity contribution in [1.82, 2.24) is 0 Å². The van der Waals surface area contributed by atoms with Crippen LogP contribution in [0.3, 0.4) is 0 Å². The molecule has 0 saturated heterocycles. The highest BCUT2D eigenvalue weighted by atomic mass is 16.4. The van der Waals surface area contributed by atoms with Crippen molar-refractivity contribution in [3.8, 4) is 0 Å². The van der Waals surface area contributed by atoms with E-state index in [1.54, 1.807) is 20.8 Å². The number of carbonyl (C=O) groups is 1. The van der Waals surface area contributed by atoms with Crippen molar-refractivity contribution in [2.24, 2.45) is 11.3 Å². The lowest BCUT2D eigenvalue weighted by molar-refractivity contribution is -0.223. The molecule has 1 saturated carbocycles. The van der Waals surface area contributed by atoms with E-state index in [0.717, 1.165) is 0 Å². The summed E-state index contributed by atoms with van der Waals surface area (Å²) in [7, 11) is 0. The molecule has 0 bridgehead atoms. The van der Waals surface area contributed by atoms with E-state index >= 15 is 0 Å². The predicted octanol–water partition coefficient (Wildman–Crippen LogP) is 1.18. The number of hydrogen-bond acceptors (Lipinski definition) is 4. The van der Waals surface area contributed by atoms with Crippen LogP contribution in [0.5, 0.6) is 0 Å². The van der Waals surface area contributed by atoms with E-state index in [9.17, 15) is 20.1 Å². The number of allylic oxidation sites excluding steroid dienone is 1. The highest BCUT2D eigenvalue weighted by molar-refractivity contribution is 5.97. The van der Waals surface area contributed by atoms with Gasteiger partial charge in [0.2, 0.25) is 0 Å². The second kappa shape index (κ2) is 3.90. The highest BCUT2D eigenvalue weighted by Crippen LogP contribution is 2.56. The summed E-state index contributed by atoms with van der Waals surface area (Å²) in [5, 5.41) is 31.7. The maximum atomic E-state index is 12.2. The van der Waals surface area contributed by atoms with Crippen molar-refractivity contribution in [3.63, 3.8) is 0 Å². The van der Waals surface area contributed by atoms with Gasteiger partial charge in [0, 0.05) is 0 Å². The van der Waals surface area contributed by atoms with Crippen molar-refractivity contribution in [1.29, 1.82) is 0 Å². The Balaban J connectivity index is 2.48. The van der Waals surface area contributed by atoms with E-state index in [-0.39, 0.29) is 18.1 Å². The first-order valence-corrected chi connectivity index (χ1v) is 6.85. The lowest BCUT2D eigenvalue weighted by atomic mass is 9.50. The van der Waals surface area contributed by atoms with Crippen molar-refractivity contribution >= 4 is 5.78 Å². The first-order chi connectivity index (χ1) is 8.44. The van der Waals surface area contributed by atoms with Crippen molar-refractivity contribution < 1.29 is 20.1 Å². The molecule has 2 aliphatic carbocycles. The molecule has 0 aromatic heterocycles. The van der Waals surface area contributed by atoms with Crippen LogP contribution in [-0.2, 0) is 4.79 Å². The van der Waals surface area contributed by atoms with Gasteiger partial charge in [-0.1, -0.05) is 0 Å². The predicted molar refractivity (Wildman–Crippen MR) is 71.5 cm³/mol. The number of fused-ring (bicyclic) bond motifs is 1. The van der Waals surface area contributed by atoms with E-state index in [4.69, 9.17) is 0 Å². The van der Waals surface area contributed by atoms with Gasteiger partial charge in [-0.3, -0.25) is 4.79 Å². The number of rotatable bonds is 1. The summed E-state index contributed by atoms with van der Waals surface area (Å²) in [5.74, 6) is -0.285. The van der Waals surface area contributed by atoms with E-state index in [2.05, 4.69) is 0 Å². The summed E-state index contributed by atoms with van der Waals surface area (Å²) < 4.78 is 0. The third-order valence-corrected chi connectivity index (χ3v) is 5.39. The molecule has 2 rings (SSSR count). The molecule has 108 valence electrons. The lowest BCUT2D eigenvalue weighted by Gasteiger charge is -2.58. The smallest absolute Gasteiger partial charge is 0.164 e. The molecule has 1 fully saturated rings. The Morgan fingerprint density at radius 3 is 2.42 bits per heavy atom. The second-order valence-electron chi connectivity index (χ2n) is 7.13. The fraction of sp³-hybridized carbons (Fsp3) is 0.800. The fourth-order valence-electron chi connectivity index (χ4n) is 3.61. The molecule has 0 amide bonds. The minimum Gasteiger partial charge on any atom is -0.390 e. The number of carbonyl (C=O) groups excluding carboxylic acids is 1. The van der Waals surface area contributed by atoms with Crippen LogP contribution in [0.4, 0.5) is 0 Å². The number of aliphatic hydroxyl groups is 3. The third kappa shape index (κ3) is 1.89. The van der Waals surface area contributed by atoms with Gasteiger partial charge in [-0.25, -0.2) is 0 Å². The van der Waals surface area contributed by atoms with Gasteiger partial charge in [0.1, 0.15) is 11.2 Å². The minimum absolute atomic E-state index is 0.142. The highest BCUT2D eigenvalue weighted by Gasteiger charge is 2.64. The molecule has 4 atom stereocenters. The Hall–Kier alpha value is -0.710. The van der Waals surface area contributed by atoms with E-state index < -0.39 is 22.2 Å². The lowest BCUT2D eigenvalue weighted by Crippen LogP contribution is -2.68. The standard InChI is InChI=1S/C15H24O4/c1-12(2,17)10-5-7-13(3)11(16)6-8-14(4,18)15(13,19)9-10/h6,8,10,17-19H,5,7,9H2,1-4H3/t10-,13+,14-,15+/m0/s1. The maximum Gasteiger partial charge on any atom is 0.164 e. The van der Waals surface area contributed by atoms with Crippen LogP contribution in [0.2, 0.25) is 0 Å². The van der Waals surface area contributed by atoms with Gasteiger partial charge >= 0.3 is 0 Å². The quantitative estimate of drug-likeness (QED) is 0.667. The molecule has 0 radical (unpaired) electrons. The minimum atomic E-state index is -1.53. The normalized spacial score (nSPS) is 47.1. The molecular weight excluding hydrogens is 244 g/mol. The average Bonchev–Trinajstić information content (AvgIpc) is 2.26. The molecule has 0 aliphatic heterocycles. The van der Waals surface area contributed by atoms with Crippen LogP contribution < -0.4 is 0 Å². The van der Waals surface area contributed by atoms with Crippen LogP contribution in [-0.4, -0.2) is 37.9 Å². The first-order valence-electron chi connectivity index (χ1n) is 6.85. The van der Waals surface area contributed by atoms with E-state index in [1.165, 1.54) is 19.1 Å². The van der Waals surface area contributed by atoms with Crippen molar-refractivity contribution in [2.45, 2.75) is 63.8 Å². The Kier molecular flexibility index (Phi) is 3.02. The van der Waals surface area contributed by atoms with Gasteiger partial charge in [0.05, 0.1) is 11.0 Å². The molecule has 0 aromatic rings. The monoisotopic (exact) mass is 268 g/mol. The summed E-state index contributed by atoms with van der Waals surface area (Å²) in [6.45, 7) is 6.66. The van der Waals surface area contributed by atoms with Crippen LogP contribution in [0.25, 0.3) is 0 Å². The molecule has 0 heterocycles. The fourth-order valence-corrected chi connectivity index (χ4v) is 3.61. The molecule has 0 aromatic carbocycles. The molecular formula is C15H24O4. The van der Waals surface area contributed by atoms with Crippen LogP contribution in [0.1, 0.15) is 47.0 Å². The molecule has 2 aliphatic rings. The van der Waals surface area contributed by atoms with Crippen molar-refractivity contribution in [3.05, 3.63) is 12.2 Å². The van der Waals surface area contributed by atoms with E-state index in [1.807, 2.05) is 0 Å². The van der Waals surface area contributed by atoms with E-state index in [0.29, 0.717) is 12.8 Å². The zero-order valence-electron chi connectivity index (χ0n) is 12.1. The maximum absolute atomic E-state index is 12.2. The summed E-state index contributed by atoms with van der Waals surface area (Å²) in [5.41, 5.74) is -4.90. The average molecular weight is 268 g/mol. The molecule has 4 heteroatoms. The molecule has 4 nitrogen and oxygen atoms in total. The zero-order chi connectivity index (χ0) is 14.7. The Morgan fingerprint density at radius 1 is 1.32 bits per heavy atom. The third-order valence-electron chi connectivity index (χ3n) is 5.39. The Labute approximate surface area is 114 Å². The summed E-state index contributed by atoms with van der Waals surface area (Å²) >= 11 is 0. The van der Waals surface area contributed by atoms with Gasteiger partial charge in [0.25, 0.3) is 0 Å². The van der Waals surface area contributed by atoms with Crippen LogP contribution in [0.15, 0.2) is 12.2 Å². The van der Waals surface area contributed by atoms with Gasteiger partial charge in [-0.2, -0.15) is 0 Å². The topological polar surface area (TPSA) is 77.8 Å². The van der Waals surface area contributed by atoms with Crippen LogP contribution >= 0.6 is 0 Å². The Bertz CT molecular complexity index is 432. The molecule has 0 unspecified atom stereocenters. The number of hydrogen-bond donors (Lipinski definition) is 3. The van der Waals surface area contributed by atoms with Gasteiger partial charge < -0.3 is 15.3 Å². The zero-order valence-corrected chi connectivity index (χ0v) is 12.1. The van der Waals surface area contributed by atoms with Crippen molar-refractivity contribution in [2.75, 3.05) is 0 Å². The largest absolute Gasteiger partial charge is 0.390 e. The van der Waals surface area contributed by atoms with Gasteiger partial charge in [0.15, 0.2) is 5.78 Å². The second-order valence-corrected chi connectivity index (χ2v) is 7.13. The molecule has 3 N–H and O–H groups in total. The molecule has 19 heavy (non-hydrogen) atoms. The Morgan fingerprint density at radius 2 is 1.89 bits per heavy atom. The summed E-state index contributed by atoms with van der Waals surface area (Å²) in [6, 6.07) is 0. The van der Waals surface area contributed by atoms with Gasteiger partial charge in [-0.05, 0) is 65.0 Å². The van der Waals surface area contributed by atoms with Crippen LogP contribution in [0, 0.1) is 11.3 Å². The SMILES string of the molecule is CC(C)(O)[C@H]1CC[C@]2(C)C(=O)C=C[C@](C)(O)[C@@]2(O)C1. The molecule has 0 spiro atoms. The summed E-state index contributed by atoms with van der Waals surface area (Å²) in [4.78, 5) is 12.2. The summed E-state index contributed by atoms with van der Waals surface area (Å²) in [6.07, 6.45) is 4.11. The first kappa shape index (κ1) is 14.7.